The Labute approximate surface area is 226 Å². The van der Waals surface area contributed by atoms with Crippen LogP contribution in [0, 0.1) is 13.8 Å². The number of nitrogens with zero attached hydrogens (tertiary/aromatic N) is 1. The minimum absolute atomic E-state index is 0.0676. The number of fused-ring (bicyclic) bond motifs is 3. The van der Waals surface area contributed by atoms with E-state index in [4.69, 9.17) is 4.74 Å². The third kappa shape index (κ3) is 4.65. The van der Waals surface area contributed by atoms with E-state index in [9.17, 15) is 4.79 Å². The van der Waals surface area contributed by atoms with Crippen molar-refractivity contribution in [1.29, 1.82) is 0 Å². The molecule has 4 aromatic carbocycles. The second kappa shape index (κ2) is 9.98. The van der Waals surface area contributed by atoms with E-state index >= 15 is 0 Å². The summed E-state index contributed by atoms with van der Waals surface area (Å²) >= 11 is 0. The normalized spacial score (nSPS) is 13.0. The van der Waals surface area contributed by atoms with Crippen LogP contribution in [0.3, 0.4) is 0 Å². The van der Waals surface area contributed by atoms with E-state index in [-0.39, 0.29) is 11.4 Å². The highest BCUT2D eigenvalue weighted by Gasteiger charge is 2.35. The van der Waals surface area contributed by atoms with E-state index in [1.165, 1.54) is 33.4 Å². The van der Waals surface area contributed by atoms with Gasteiger partial charge in [-0.2, -0.15) is 0 Å². The van der Waals surface area contributed by atoms with Gasteiger partial charge in [0.25, 0.3) is 0 Å². The highest BCUT2D eigenvalue weighted by atomic mass is 16.5. The van der Waals surface area contributed by atoms with Crippen molar-refractivity contribution in [3.8, 4) is 11.1 Å². The van der Waals surface area contributed by atoms with E-state index in [0.29, 0.717) is 18.6 Å². The monoisotopic (exact) mass is 501 g/mol. The Morgan fingerprint density at radius 3 is 2.13 bits per heavy atom. The summed E-state index contributed by atoms with van der Waals surface area (Å²) in [4.78, 5) is 14.0. The van der Waals surface area contributed by atoms with Gasteiger partial charge in [0.2, 0.25) is 0 Å². The summed E-state index contributed by atoms with van der Waals surface area (Å²) in [6, 6.07) is 30.8. The number of anilines is 3. The fourth-order valence-corrected chi connectivity index (χ4v) is 5.34. The lowest BCUT2D eigenvalue weighted by Crippen LogP contribution is -2.16. The third-order valence-corrected chi connectivity index (χ3v) is 7.74. The molecule has 4 aromatic rings. The molecule has 38 heavy (non-hydrogen) atoms. The van der Waals surface area contributed by atoms with E-state index < -0.39 is 0 Å². The molecular weight excluding hydrogens is 466 g/mol. The molecule has 0 amide bonds. The van der Waals surface area contributed by atoms with E-state index in [0.717, 1.165) is 22.6 Å². The highest BCUT2D eigenvalue weighted by Crippen LogP contribution is 2.50. The highest BCUT2D eigenvalue weighted by molar-refractivity contribution is 5.87. The van der Waals surface area contributed by atoms with Gasteiger partial charge in [-0.15, -0.1) is 0 Å². The Morgan fingerprint density at radius 1 is 0.789 bits per heavy atom. The fraction of sp³-hybridized carbons (Fsp3) is 0.229. The van der Waals surface area contributed by atoms with Gasteiger partial charge in [-0.1, -0.05) is 69.0 Å². The van der Waals surface area contributed by atoms with Crippen LogP contribution in [-0.2, 0) is 21.4 Å². The predicted octanol–water partition coefficient (Wildman–Crippen LogP) is 8.74. The van der Waals surface area contributed by atoms with Gasteiger partial charge in [-0.3, -0.25) is 0 Å². The first-order chi connectivity index (χ1) is 18.2. The summed E-state index contributed by atoms with van der Waals surface area (Å²) in [6.45, 7) is 14.6. The van der Waals surface area contributed by atoms with E-state index in [1.807, 2.05) is 0 Å². The third-order valence-electron chi connectivity index (χ3n) is 7.74. The largest absolute Gasteiger partial charge is 0.462 e. The molecular formula is C35H35NO2. The summed E-state index contributed by atoms with van der Waals surface area (Å²) in [5, 5.41) is 0. The lowest BCUT2D eigenvalue weighted by atomic mass is 9.82. The Kier molecular flexibility index (Phi) is 6.71. The first kappa shape index (κ1) is 25.5. The number of hydrogen-bond acceptors (Lipinski definition) is 3. The van der Waals surface area contributed by atoms with Crippen LogP contribution < -0.4 is 4.90 Å². The maximum Gasteiger partial charge on any atom is 0.333 e. The quantitative estimate of drug-likeness (QED) is 0.187. The zero-order valence-electron chi connectivity index (χ0n) is 23.0. The standard InChI is InChI=1S/C35H35NO2/c1-23(2)34(37)38-20-19-26-12-15-27(16-13-26)36(28-14-11-24(3)25(4)21-28)29-17-18-31-30-9-7-8-10-32(30)35(5,6)33(31)22-29/h7-18,21-22H,1,19-20H2,2-6H3. The molecule has 3 heteroatoms. The van der Waals surface area contributed by atoms with Crippen LogP contribution in [0.1, 0.15) is 48.6 Å². The molecule has 1 aliphatic carbocycles. The van der Waals surface area contributed by atoms with Gasteiger partial charge >= 0.3 is 5.97 Å². The van der Waals surface area contributed by atoms with Gasteiger partial charge in [0.05, 0.1) is 6.61 Å². The molecule has 0 radical (unpaired) electrons. The van der Waals surface area contributed by atoms with E-state index in [2.05, 4.69) is 124 Å². The topological polar surface area (TPSA) is 29.5 Å². The van der Waals surface area contributed by atoms with Crippen molar-refractivity contribution in [2.24, 2.45) is 0 Å². The maximum atomic E-state index is 11.7. The summed E-state index contributed by atoms with van der Waals surface area (Å²) in [5.41, 5.74) is 12.7. The maximum absolute atomic E-state index is 11.7. The first-order valence-corrected chi connectivity index (χ1v) is 13.2. The van der Waals surface area contributed by atoms with Gasteiger partial charge < -0.3 is 9.64 Å². The summed E-state index contributed by atoms with van der Waals surface area (Å²) in [7, 11) is 0. The zero-order valence-corrected chi connectivity index (χ0v) is 23.0. The molecule has 0 aliphatic heterocycles. The number of rotatable bonds is 7. The molecule has 0 aromatic heterocycles. The number of hydrogen-bond donors (Lipinski definition) is 0. The molecule has 192 valence electrons. The van der Waals surface area contributed by atoms with Crippen molar-refractivity contribution in [2.75, 3.05) is 11.5 Å². The molecule has 0 heterocycles. The second-order valence-corrected chi connectivity index (χ2v) is 10.8. The van der Waals surface area contributed by atoms with Crippen molar-refractivity contribution in [3.63, 3.8) is 0 Å². The zero-order chi connectivity index (χ0) is 27.0. The Morgan fingerprint density at radius 2 is 1.42 bits per heavy atom. The van der Waals surface area contributed by atoms with Crippen molar-refractivity contribution in [1.82, 2.24) is 0 Å². The average molecular weight is 502 g/mol. The lowest BCUT2D eigenvalue weighted by molar-refractivity contribution is -0.138. The Balaban J connectivity index is 1.52. The van der Waals surface area contributed by atoms with Gasteiger partial charge in [0, 0.05) is 34.5 Å². The number of carbonyl (C=O) groups is 1. The van der Waals surface area contributed by atoms with Crippen molar-refractivity contribution >= 4 is 23.0 Å². The smallest absolute Gasteiger partial charge is 0.333 e. The van der Waals surface area contributed by atoms with Gasteiger partial charge in [0.15, 0.2) is 0 Å². The van der Waals surface area contributed by atoms with Gasteiger partial charge in [-0.25, -0.2) is 4.79 Å². The van der Waals surface area contributed by atoms with Crippen molar-refractivity contribution in [3.05, 3.63) is 125 Å². The number of ether oxygens (including phenoxy) is 1. The van der Waals surface area contributed by atoms with Crippen LogP contribution in [0.15, 0.2) is 97.1 Å². The lowest BCUT2D eigenvalue weighted by Gasteiger charge is -2.28. The minimum Gasteiger partial charge on any atom is -0.462 e. The molecule has 0 unspecified atom stereocenters. The Hall–Kier alpha value is -4.11. The fourth-order valence-electron chi connectivity index (χ4n) is 5.34. The SMILES string of the molecule is C=C(C)C(=O)OCCc1ccc(N(c2ccc(C)c(C)c2)c2ccc3c(c2)C(C)(C)c2ccccc2-3)cc1. The summed E-state index contributed by atoms with van der Waals surface area (Å²) in [6.07, 6.45) is 0.661. The summed E-state index contributed by atoms with van der Waals surface area (Å²) < 4.78 is 5.29. The molecule has 0 N–H and O–H groups in total. The minimum atomic E-state index is -0.343. The molecule has 1 aliphatic rings. The van der Waals surface area contributed by atoms with Crippen LogP contribution in [0.4, 0.5) is 17.1 Å². The summed E-state index contributed by atoms with van der Waals surface area (Å²) in [5.74, 6) is -0.343. The number of aryl methyl sites for hydroxylation is 2. The van der Waals surface area contributed by atoms with Crippen LogP contribution in [0.25, 0.3) is 11.1 Å². The van der Waals surface area contributed by atoms with Crippen LogP contribution >= 0.6 is 0 Å². The molecule has 0 bridgehead atoms. The van der Waals surface area contributed by atoms with Crippen LogP contribution in [0.5, 0.6) is 0 Å². The molecule has 0 saturated heterocycles. The predicted molar refractivity (Wildman–Crippen MR) is 158 cm³/mol. The van der Waals surface area contributed by atoms with E-state index in [1.54, 1.807) is 6.92 Å². The van der Waals surface area contributed by atoms with Crippen LogP contribution in [0.2, 0.25) is 0 Å². The molecule has 0 saturated carbocycles. The molecule has 3 nitrogen and oxygen atoms in total. The van der Waals surface area contributed by atoms with Gasteiger partial charge in [-0.05, 0) is 96.1 Å². The number of carbonyl (C=O) groups excluding carboxylic acids is 1. The number of esters is 1. The molecule has 0 atom stereocenters. The second-order valence-electron chi connectivity index (χ2n) is 10.8. The van der Waals surface area contributed by atoms with Crippen LogP contribution in [-0.4, -0.2) is 12.6 Å². The number of benzene rings is 4. The average Bonchev–Trinajstić information content (AvgIpc) is 3.13. The van der Waals surface area contributed by atoms with Gasteiger partial charge in [0.1, 0.15) is 0 Å². The van der Waals surface area contributed by atoms with Crippen molar-refractivity contribution in [2.45, 2.75) is 46.5 Å². The molecule has 5 rings (SSSR count). The molecule has 0 spiro atoms. The van der Waals surface area contributed by atoms with Crippen molar-refractivity contribution < 1.29 is 9.53 Å². The first-order valence-electron chi connectivity index (χ1n) is 13.2. The molecule has 0 fully saturated rings. The Bertz CT molecular complexity index is 1530.